The van der Waals surface area contributed by atoms with E-state index >= 15 is 0 Å². The summed E-state index contributed by atoms with van der Waals surface area (Å²) < 4.78 is 5.16. The van der Waals surface area contributed by atoms with Gasteiger partial charge in [0.1, 0.15) is 0 Å². The Kier molecular flexibility index (Phi) is 4.51. The van der Waals surface area contributed by atoms with E-state index in [0.29, 0.717) is 23.3 Å². The third kappa shape index (κ3) is 3.53. The molecule has 0 saturated heterocycles. The number of rotatable bonds is 5. The molecule has 0 aliphatic heterocycles. The van der Waals surface area contributed by atoms with Crippen molar-refractivity contribution in [2.75, 3.05) is 0 Å². The standard InChI is InChI=1S/C17H16ClN3O/c1-12-20-16(22-21-12)11-19-17(13-6-3-2-4-7-13)14-8-5-9-15(18)10-14/h2-10,17,19H,11H2,1H3/t17-/m0/s1. The summed E-state index contributed by atoms with van der Waals surface area (Å²) in [5.41, 5.74) is 2.25. The number of aryl methyl sites for hydroxylation is 1. The maximum absolute atomic E-state index is 6.13. The summed E-state index contributed by atoms with van der Waals surface area (Å²) in [5, 5.41) is 7.98. The molecule has 0 amide bonds. The highest BCUT2D eigenvalue weighted by atomic mass is 35.5. The van der Waals surface area contributed by atoms with Crippen LogP contribution in [0.4, 0.5) is 0 Å². The van der Waals surface area contributed by atoms with E-state index in [4.69, 9.17) is 16.1 Å². The number of aromatic nitrogens is 2. The largest absolute Gasteiger partial charge is 0.338 e. The molecule has 0 fully saturated rings. The molecule has 1 heterocycles. The molecule has 0 bridgehead atoms. The molecule has 4 nitrogen and oxygen atoms in total. The molecule has 1 N–H and O–H groups in total. The first kappa shape index (κ1) is 14.8. The minimum absolute atomic E-state index is 0.00658. The van der Waals surface area contributed by atoms with Crippen molar-refractivity contribution in [1.82, 2.24) is 15.5 Å². The summed E-state index contributed by atoms with van der Waals surface area (Å²) in [6, 6.07) is 18.0. The van der Waals surface area contributed by atoms with Gasteiger partial charge in [-0.1, -0.05) is 59.2 Å². The summed E-state index contributed by atoms with van der Waals surface area (Å²) in [4.78, 5) is 4.22. The Morgan fingerprint density at radius 3 is 2.55 bits per heavy atom. The molecule has 0 aliphatic rings. The Balaban J connectivity index is 1.86. The highest BCUT2D eigenvalue weighted by molar-refractivity contribution is 6.30. The van der Waals surface area contributed by atoms with Crippen LogP contribution in [0.15, 0.2) is 59.1 Å². The van der Waals surface area contributed by atoms with Crippen molar-refractivity contribution in [1.29, 1.82) is 0 Å². The monoisotopic (exact) mass is 313 g/mol. The predicted molar refractivity (Wildman–Crippen MR) is 85.6 cm³/mol. The molecule has 2 aromatic carbocycles. The Morgan fingerprint density at radius 1 is 1.09 bits per heavy atom. The van der Waals surface area contributed by atoms with E-state index in [1.807, 2.05) is 36.4 Å². The summed E-state index contributed by atoms with van der Waals surface area (Å²) in [5.74, 6) is 1.20. The van der Waals surface area contributed by atoms with Gasteiger partial charge in [0.15, 0.2) is 5.82 Å². The van der Waals surface area contributed by atoms with Crippen LogP contribution in [-0.4, -0.2) is 10.1 Å². The molecule has 5 heteroatoms. The minimum Gasteiger partial charge on any atom is -0.338 e. The van der Waals surface area contributed by atoms with E-state index in [0.717, 1.165) is 11.1 Å². The number of nitrogens with zero attached hydrogens (tertiary/aromatic N) is 2. The van der Waals surface area contributed by atoms with Crippen molar-refractivity contribution in [2.45, 2.75) is 19.5 Å². The van der Waals surface area contributed by atoms with Gasteiger partial charge in [-0.25, -0.2) is 0 Å². The lowest BCUT2D eigenvalue weighted by molar-refractivity contribution is 0.359. The zero-order chi connectivity index (χ0) is 15.4. The van der Waals surface area contributed by atoms with Crippen LogP contribution < -0.4 is 5.32 Å². The van der Waals surface area contributed by atoms with Gasteiger partial charge in [0.25, 0.3) is 0 Å². The molecular formula is C17H16ClN3O. The van der Waals surface area contributed by atoms with Crippen LogP contribution in [0.25, 0.3) is 0 Å². The molecule has 1 aromatic heterocycles. The SMILES string of the molecule is Cc1noc(CN[C@@H](c2ccccc2)c2cccc(Cl)c2)n1. The molecule has 3 rings (SSSR count). The van der Waals surface area contributed by atoms with Gasteiger partial charge in [-0.2, -0.15) is 4.98 Å². The van der Waals surface area contributed by atoms with Gasteiger partial charge in [0, 0.05) is 5.02 Å². The van der Waals surface area contributed by atoms with Crippen LogP contribution in [0.1, 0.15) is 28.9 Å². The molecular weight excluding hydrogens is 298 g/mol. The second kappa shape index (κ2) is 6.73. The van der Waals surface area contributed by atoms with Crippen LogP contribution in [0, 0.1) is 6.92 Å². The van der Waals surface area contributed by atoms with Crippen molar-refractivity contribution in [3.05, 3.63) is 82.5 Å². The molecule has 0 aliphatic carbocycles. The van der Waals surface area contributed by atoms with Gasteiger partial charge >= 0.3 is 0 Å². The van der Waals surface area contributed by atoms with Gasteiger partial charge in [-0.05, 0) is 30.2 Å². The lowest BCUT2D eigenvalue weighted by Gasteiger charge is -2.19. The van der Waals surface area contributed by atoms with Crippen molar-refractivity contribution in [3.63, 3.8) is 0 Å². The van der Waals surface area contributed by atoms with Crippen LogP contribution in [0.3, 0.4) is 0 Å². The lowest BCUT2D eigenvalue weighted by Crippen LogP contribution is -2.22. The van der Waals surface area contributed by atoms with Gasteiger partial charge < -0.3 is 4.52 Å². The van der Waals surface area contributed by atoms with Crippen molar-refractivity contribution >= 4 is 11.6 Å². The summed E-state index contributed by atoms with van der Waals surface area (Å²) in [6.45, 7) is 2.30. The number of hydrogen-bond donors (Lipinski definition) is 1. The fourth-order valence-electron chi connectivity index (χ4n) is 2.36. The lowest BCUT2D eigenvalue weighted by atomic mass is 9.99. The Hall–Kier alpha value is -2.17. The number of halogens is 1. The highest BCUT2D eigenvalue weighted by Crippen LogP contribution is 2.24. The third-order valence-electron chi connectivity index (χ3n) is 3.34. The second-order valence-electron chi connectivity index (χ2n) is 5.01. The van der Waals surface area contributed by atoms with E-state index in [-0.39, 0.29) is 6.04 Å². The summed E-state index contributed by atoms with van der Waals surface area (Å²) in [7, 11) is 0. The fourth-order valence-corrected chi connectivity index (χ4v) is 2.56. The molecule has 1 atom stereocenters. The second-order valence-corrected chi connectivity index (χ2v) is 5.45. The highest BCUT2D eigenvalue weighted by Gasteiger charge is 2.15. The van der Waals surface area contributed by atoms with Gasteiger partial charge in [0.05, 0.1) is 12.6 Å². The number of nitrogens with one attached hydrogen (secondary N) is 1. The van der Waals surface area contributed by atoms with Crippen molar-refractivity contribution < 1.29 is 4.52 Å². The minimum atomic E-state index is 0.00658. The van der Waals surface area contributed by atoms with E-state index in [2.05, 4.69) is 33.7 Å². The molecule has 0 spiro atoms. The zero-order valence-electron chi connectivity index (χ0n) is 12.2. The van der Waals surface area contributed by atoms with Gasteiger partial charge in [-0.15, -0.1) is 0 Å². The Bertz CT molecular complexity index is 742. The smallest absolute Gasteiger partial charge is 0.240 e. The fraction of sp³-hybridized carbons (Fsp3) is 0.176. The molecule has 3 aromatic rings. The van der Waals surface area contributed by atoms with E-state index < -0.39 is 0 Å². The molecule has 0 unspecified atom stereocenters. The summed E-state index contributed by atoms with van der Waals surface area (Å²) in [6.07, 6.45) is 0. The first-order chi connectivity index (χ1) is 10.7. The molecule has 22 heavy (non-hydrogen) atoms. The average Bonchev–Trinajstić information content (AvgIpc) is 2.94. The number of hydrogen-bond acceptors (Lipinski definition) is 4. The van der Waals surface area contributed by atoms with Crippen molar-refractivity contribution in [2.24, 2.45) is 0 Å². The molecule has 0 saturated carbocycles. The topological polar surface area (TPSA) is 51.0 Å². The van der Waals surface area contributed by atoms with Gasteiger partial charge in [0.2, 0.25) is 5.89 Å². The average molecular weight is 314 g/mol. The van der Waals surface area contributed by atoms with E-state index in [1.54, 1.807) is 6.92 Å². The molecule has 0 radical (unpaired) electrons. The van der Waals surface area contributed by atoms with Crippen molar-refractivity contribution in [3.8, 4) is 0 Å². The first-order valence-corrected chi connectivity index (χ1v) is 7.43. The quantitative estimate of drug-likeness (QED) is 0.776. The maximum Gasteiger partial charge on any atom is 0.240 e. The maximum atomic E-state index is 6.13. The number of benzene rings is 2. The Morgan fingerprint density at radius 2 is 1.86 bits per heavy atom. The zero-order valence-corrected chi connectivity index (χ0v) is 12.9. The van der Waals surface area contributed by atoms with Crippen LogP contribution in [0.5, 0.6) is 0 Å². The molecule has 112 valence electrons. The van der Waals surface area contributed by atoms with Gasteiger partial charge in [-0.3, -0.25) is 5.32 Å². The van der Waals surface area contributed by atoms with Crippen LogP contribution >= 0.6 is 11.6 Å². The third-order valence-corrected chi connectivity index (χ3v) is 3.58. The van der Waals surface area contributed by atoms with E-state index in [1.165, 1.54) is 0 Å². The van der Waals surface area contributed by atoms with Crippen LogP contribution in [0.2, 0.25) is 5.02 Å². The predicted octanol–water partition coefficient (Wildman–Crippen LogP) is 3.91. The summed E-state index contributed by atoms with van der Waals surface area (Å²) >= 11 is 6.13. The van der Waals surface area contributed by atoms with Crippen LogP contribution in [-0.2, 0) is 6.54 Å². The van der Waals surface area contributed by atoms with E-state index in [9.17, 15) is 0 Å². The normalized spacial score (nSPS) is 12.3. The Labute approximate surface area is 134 Å². The first-order valence-electron chi connectivity index (χ1n) is 7.05.